The summed E-state index contributed by atoms with van der Waals surface area (Å²) in [5.74, 6) is 0. The predicted octanol–water partition coefficient (Wildman–Crippen LogP) is -1.51. The number of hydrogen-bond donors (Lipinski definition) is 0. The molecule has 0 unspecified atom stereocenters. The van der Waals surface area contributed by atoms with Gasteiger partial charge in [0.25, 0.3) is 0 Å². The summed E-state index contributed by atoms with van der Waals surface area (Å²) in [4.78, 5) is 20.2. The van der Waals surface area contributed by atoms with Crippen LogP contribution in [0.3, 0.4) is 0 Å². The van der Waals surface area contributed by atoms with Crippen LogP contribution in [0.25, 0.3) is 0 Å². The molecule has 3 nitrogen and oxygen atoms in total. The van der Waals surface area contributed by atoms with E-state index in [0.29, 0.717) is 0 Å². The molecule has 0 heterocycles. The molecule has 0 radical (unpaired) electrons. The largest absolute Gasteiger partial charge is 0.821 e. The average molecular weight is 139 g/mol. The average Bonchev–Trinajstić information content (AvgIpc) is 1.31. The second-order valence-corrected chi connectivity index (χ2v) is 4.44. The summed E-state index contributed by atoms with van der Waals surface area (Å²) < 4.78 is 1.00. The van der Waals surface area contributed by atoms with Gasteiger partial charge in [0.15, 0.2) is 0 Å². The minimum atomic E-state index is -3.57. The van der Waals surface area contributed by atoms with Gasteiger partial charge in [0.2, 0.25) is 0 Å². The molecule has 0 spiro atoms. The molecule has 0 fully saturated rings. The lowest BCUT2D eigenvalue weighted by atomic mass is 11.3. The Morgan fingerprint density at radius 2 is 1.57 bits per heavy atom. The van der Waals surface area contributed by atoms with Crippen LogP contribution in [0.5, 0.6) is 0 Å². The van der Waals surface area contributed by atoms with Crippen molar-refractivity contribution in [3.63, 3.8) is 0 Å². The lowest BCUT2D eigenvalue weighted by Crippen LogP contribution is -2.26. The van der Waals surface area contributed by atoms with Crippen LogP contribution in [0.2, 0.25) is 0 Å². The molecular weight excluding hydrogens is 133 g/mol. The maximum Gasteiger partial charge on any atom is -0.0114 e. The quantitative estimate of drug-likeness (QED) is 0.414. The van der Waals surface area contributed by atoms with Gasteiger partial charge in [-0.3, -0.25) is 0 Å². The molecule has 7 heavy (non-hydrogen) atoms. The fourth-order valence-corrected chi connectivity index (χ4v) is 0. The molecule has 0 saturated heterocycles. The molecule has 0 bridgehead atoms. The first-order valence-corrected chi connectivity index (χ1v) is 4.23. The summed E-state index contributed by atoms with van der Waals surface area (Å²) in [6.07, 6.45) is 0. The number of nitrogens with zero attached hydrogens (tertiary/aromatic N) is 1. The van der Waals surface area contributed by atoms with E-state index in [-0.39, 0.29) is 0 Å². The SMILES string of the molecule is CN(C)P([O-])([O-])=S. The molecule has 44 valence electrons. The monoisotopic (exact) mass is 139 g/mol. The van der Waals surface area contributed by atoms with Crippen molar-refractivity contribution in [3.8, 4) is 0 Å². The highest BCUT2D eigenvalue weighted by Gasteiger charge is 1.83. The fourth-order valence-electron chi connectivity index (χ4n) is 0. The highest BCUT2D eigenvalue weighted by molar-refractivity contribution is 8.06. The van der Waals surface area contributed by atoms with Gasteiger partial charge in [-0.2, -0.15) is 6.64 Å². The van der Waals surface area contributed by atoms with Crippen LogP contribution in [-0.4, -0.2) is 18.8 Å². The van der Waals surface area contributed by atoms with Crippen molar-refractivity contribution in [1.29, 1.82) is 0 Å². The van der Waals surface area contributed by atoms with Crippen LogP contribution in [-0.2, 0) is 11.8 Å². The Labute approximate surface area is 47.8 Å². The maximum absolute atomic E-state index is 10.1. The van der Waals surface area contributed by atoms with E-state index in [2.05, 4.69) is 11.8 Å². The van der Waals surface area contributed by atoms with Crippen LogP contribution < -0.4 is 9.79 Å². The predicted molar refractivity (Wildman–Crippen MR) is 28.0 cm³/mol. The summed E-state index contributed by atoms with van der Waals surface area (Å²) in [6.45, 7) is -3.57. The zero-order valence-corrected chi connectivity index (χ0v) is 5.83. The van der Waals surface area contributed by atoms with Gasteiger partial charge in [-0.25, -0.2) is 0 Å². The molecular formula is C2H6NO2PS-2. The van der Waals surface area contributed by atoms with E-state index in [1.165, 1.54) is 14.1 Å². The van der Waals surface area contributed by atoms with Crippen LogP contribution in [0, 0.1) is 0 Å². The molecule has 5 heteroatoms. The van der Waals surface area contributed by atoms with E-state index in [9.17, 15) is 9.79 Å². The first kappa shape index (κ1) is 7.53. The molecule has 0 saturated carbocycles. The van der Waals surface area contributed by atoms with Gasteiger partial charge < -0.3 is 14.5 Å². The molecule has 0 N–H and O–H groups in total. The van der Waals surface area contributed by atoms with Crippen LogP contribution in [0.15, 0.2) is 0 Å². The van der Waals surface area contributed by atoms with Crippen molar-refractivity contribution in [2.75, 3.05) is 14.1 Å². The Hall–Kier alpha value is 0.530. The normalized spacial score (nSPS) is 12.7. The van der Waals surface area contributed by atoms with E-state index in [0.717, 1.165) is 4.67 Å². The Bertz CT molecular complexity index is 97.9. The van der Waals surface area contributed by atoms with Crippen LogP contribution in [0.4, 0.5) is 0 Å². The minimum Gasteiger partial charge on any atom is -0.821 e. The molecule has 0 atom stereocenters. The van der Waals surface area contributed by atoms with Gasteiger partial charge in [0.1, 0.15) is 0 Å². The van der Waals surface area contributed by atoms with Gasteiger partial charge in [-0.15, -0.1) is 11.8 Å². The van der Waals surface area contributed by atoms with Crippen molar-refractivity contribution >= 4 is 18.4 Å². The van der Waals surface area contributed by atoms with Crippen molar-refractivity contribution < 1.29 is 9.79 Å². The van der Waals surface area contributed by atoms with E-state index < -0.39 is 6.64 Å². The zero-order valence-electron chi connectivity index (χ0n) is 4.12. The summed E-state index contributed by atoms with van der Waals surface area (Å²) >= 11 is 4.03. The molecule has 0 rings (SSSR count). The highest BCUT2D eigenvalue weighted by atomic mass is 32.5. The van der Waals surface area contributed by atoms with E-state index in [1.807, 2.05) is 0 Å². The number of rotatable bonds is 1. The Kier molecular flexibility index (Phi) is 2.37. The smallest absolute Gasteiger partial charge is 0.0114 e. The molecule has 0 aliphatic heterocycles. The third-order valence-corrected chi connectivity index (χ3v) is 2.45. The lowest BCUT2D eigenvalue weighted by Gasteiger charge is -2.41. The Balaban J connectivity index is 3.80. The van der Waals surface area contributed by atoms with Gasteiger partial charge in [0, 0.05) is 0 Å². The topological polar surface area (TPSA) is 49.4 Å². The molecule has 0 aliphatic carbocycles. The first-order chi connectivity index (χ1) is 2.94. The second-order valence-electron chi connectivity index (χ2n) is 1.32. The van der Waals surface area contributed by atoms with Crippen LogP contribution in [0.1, 0.15) is 0 Å². The van der Waals surface area contributed by atoms with E-state index >= 15 is 0 Å². The Morgan fingerprint density at radius 1 is 1.43 bits per heavy atom. The molecule has 0 aromatic rings. The molecule has 0 aromatic heterocycles. The Morgan fingerprint density at radius 3 is 1.57 bits per heavy atom. The van der Waals surface area contributed by atoms with Crippen molar-refractivity contribution in [1.82, 2.24) is 4.67 Å². The third-order valence-electron chi connectivity index (χ3n) is 0.490. The summed E-state index contributed by atoms with van der Waals surface area (Å²) in [5, 5.41) is 0. The van der Waals surface area contributed by atoms with Crippen LogP contribution >= 0.6 is 6.64 Å². The minimum absolute atomic E-state index is 1.00. The van der Waals surface area contributed by atoms with Gasteiger partial charge >= 0.3 is 0 Å². The molecule has 0 amide bonds. The second kappa shape index (κ2) is 2.20. The fraction of sp³-hybridized carbons (Fsp3) is 1.00. The van der Waals surface area contributed by atoms with E-state index in [4.69, 9.17) is 0 Å². The maximum atomic E-state index is 10.1. The zero-order chi connectivity index (χ0) is 6.08. The van der Waals surface area contributed by atoms with Gasteiger partial charge in [-0.05, 0) is 14.1 Å². The highest BCUT2D eigenvalue weighted by Crippen LogP contribution is 2.24. The summed E-state index contributed by atoms with van der Waals surface area (Å²) in [7, 11) is 2.81. The summed E-state index contributed by atoms with van der Waals surface area (Å²) in [6, 6.07) is 0. The van der Waals surface area contributed by atoms with Crippen molar-refractivity contribution in [3.05, 3.63) is 0 Å². The molecule has 0 aromatic carbocycles. The van der Waals surface area contributed by atoms with Crippen molar-refractivity contribution in [2.45, 2.75) is 0 Å². The van der Waals surface area contributed by atoms with Gasteiger partial charge in [0.05, 0.1) is 0 Å². The molecule has 0 aliphatic rings. The van der Waals surface area contributed by atoms with Gasteiger partial charge in [-0.1, -0.05) is 0 Å². The van der Waals surface area contributed by atoms with Crippen molar-refractivity contribution in [2.24, 2.45) is 0 Å². The number of hydrogen-bond acceptors (Lipinski definition) is 3. The first-order valence-electron chi connectivity index (χ1n) is 1.64. The van der Waals surface area contributed by atoms with E-state index in [1.54, 1.807) is 0 Å². The third kappa shape index (κ3) is 3.14. The summed E-state index contributed by atoms with van der Waals surface area (Å²) in [5.41, 5.74) is 0. The standard InChI is InChI=1S/C2H8NO2PS/c1-3(2)6(4,5)7/h1-2H3,(H2,4,5,7)/p-2. The lowest BCUT2D eigenvalue weighted by molar-refractivity contribution is -0.307.